The second-order valence-corrected chi connectivity index (χ2v) is 6.05. The summed E-state index contributed by atoms with van der Waals surface area (Å²) in [6.45, 7) is 1.15. The molecule has 0 amide bonds. The van der Waals surface area contributed by atoms with Crippen LogP contribution in [0.4, 0.5) is 0 Å². The number of aromatic nitrogens is 2. The highest BCUT2D eigenvalue weighted by Gasteiger charge is 2.28. The summed E-state index contributed by atoms with van der Waals surface area (Å²) in [7, 11) is 2.15. The van der Waals surface area contributed by atoms with Crippen molar-refractivity contribution in [3.05, 3.63) is 29.6 Å². The van der Waals surface area contributed by atoms with Gasteiger partial charge in [-0.2, -0.15) is 0 Å². The van der Waals surface area contributed by atoms with E-state index in [-0.39, 0.29) is 0 Å². The Balaban J connectivity index is 1.74. The fourth-order valence-corrected chi connectivity index (χ4v) is 3.30. The third kappa shape index (κ3) is 1.96. The summed E-state index contributed by atoms with van der Waals surface area (Å²) in [5, 5.41) is 3.62. The van der Waals surface area contributed by atoms with Crippen LogP contribution in [0.1, 0.15) is 55.5 Å². The van der Waals surface area contributed by atoms with E-state index in [1.165, 1.54) is 54.5 Å². The maximum atomic E-state index is 4.86. The van der Waals surface area contributed by atoms with Crippen molar-refractivity contribution in [3.8, 4) is 0 Å². The molecule has 1 unspecified atom stereocenters. The summed E-state index contributed by atoms with van der Waals surface area (Å²) in [5.74, 6) is 2.00. The Morgan fingerprint density at radius 2 is 2.11 bits per heavy atom. The zero-order chi connectivity index (χ0) is 12.8. The van der Waals surface area contributed by atoms with Gasteiger partial charge in [-0.15, -0.1) is 0 Å². The Bertz CT molecular complexity index is 604. The summed E-state index contributed by atoms with van der Waals surface area (Å²) in [6, 6.07) is 7.36. The SMILES string of the molecule is Cn1c(C2CC2)nc2cc(C3CCCCN3)ccc21. The predicted octanol–water partition coefficient (Wildman–Crippen LogP) is 3.27. The van der Waals surface area contributed by atoms with E-state index < -0.39 is 0 Å². The molecule has 19 heavy (non-hydrogen) atoms. The molecule has 0 radical (unpaired) electrons. The largest absolute Gasteiger partial charge is 0.331 e. The van der Waals surface area contributed by atoms with Gasteiger partial charge in [-0.05, 0) is 49.9 Å². The molecule has 100 valence electrons. The van der Waals surface area contributed by atoms with Crippen molar-refractivity contribution in [2.75, 3.05) is 6.54 Å². The number of aryl methyl sites for hydroxylation is 1. The van der Waals surface area contributed by atoms with Gasteiger partial charge >= 0.3 is 0 Å². The Morgan fingerprint density at radius 3 is 2.84 bits per heavy atom. The van der Waals surface area contributed by atoms with Gasteiger partial charge in [-0.1, -0.05) is 12.5 Å². The van der Waals surface area contributed by atoms with Crippen molar-refractivity contribution < 1.29 is 0 Å². The van der Waals surface area contributed by atoms with E-state index in [2.05, 4.69) is 35.1 Å². The third-order valence-corrected chi connectivity index (χ3v) is 4.59. The van der Waals surface area contributed by atoms with E-state index >= 15 is 0 Å². The van der Waals surface area contributed by atoms with Crippen molar-refractivity contribution >= 4 is 11.0 Å². The summed E-state index contributed by atoms with van der Waals surface area (Å²) >= 11 is 0. The number of hydrogen-bond donors (Lipinski definition) is 1. The molecule has 1 saturated carbocycles. The minimum Gasteiger partial charge on any atom is -0.331 e. The van der Waals surface area contributed by atoms with Gasteiger partial charge < -0.3 is 9.88 Å². The average Bonchev–Trinajstić information content (AvgIpc) is 3.25. The van der Waals surface area contributed by atoms with Gasteiger partial charge in [0.1, 0.15) is 5.82 Å². The van der Waals surface area contributed by atoms with Crippen LogP contribution in [-0.4, -0.2) is 16.1 Å². The van der Waals surface area contributed by atoms with Crippen LogP contribution in [0.15, 0.2) is 18.2 Å². The lowest BCUT2D eigenvalue weighted by molar-refractivity contribution is 0.412. The second kappa shape index (κ2) is 4.34. The summed E-state index contributed by atoms with van der Waals surface area (Å²) < 4.78 is 2.28. The molecule has 1 aliphatic heterocycles. The number of hydrogen-bond acceptors (Lipinski definition) is 2. The smallest absolute Gasteiger partial charge is 0.112 e. The molecule has 2 heterocycles. The van der Waals surface area contributed by atoms with Crippen LogP contribution < -0.4 is 5.32 Å². The van der Waals surface area contributed by atoms with Gasteiger partial charge in [0.2, 0.25) is 0 Å². The molecule has 2 fully saturated rings. The molecule has 0 spiro atoms. The first kappa shape index (κ1) is 11.5. The molecule has 4 rings (SSSR count). The summed E-state index contributed by atoms with van der Waals surface area (Å²) in [4.78, 5) is 4.86. The zero-order valence-electron chi connectivity index (χ0n) is 11.5. The molecular formula is C16H21N3. The number of fused-ring (bicyclic) bond motifs is 1. The first-order chi connectivity index (χ1) is 9.33. The Kier molecular flexibility index (Phi) is 2.62. The predicted molar refractivity (Wildman–Crippen MR) is 77.3 cm³/mol. The minimum absolute atomic E-state index is 0.532. The maximum absolute atomic E-state index is 4.86. The number of piperidine rings is 1. The average molecular weight is 255 g/mol. The Morgan fingerprint density at radius 1 is 1.21 bits per heavy atom. The monoisotopic (exact) mass is 255 g/mol. The Hall–Kier alpha value is -1.35. The van der Waals surface area contributed by atoms with Crippen molar-refractivity contribution in [1.29, 1.82) is 0 Å². The molecule has 1 atom stereocenters. The van der Waals surface area contributed by atoms with E-state index in [0.29, 0.717) is 12.0 Å². The van der Waals surface area contributed by atoms with Gasteiger partial charge in [0.05, 0.1) is 11.0 Å². The molecule has 1 aromatic carbocycles. The van der Waals surface area contributed by atoms with Gasteiger partial charge in [0.15, 0.2) is 0 Å². The van der Waals surface area contributed by atoms with E-state index in [1.807, 2.05) is 0 Å². The van der Waals surface area contributed by atoms with Crippen molar-refractivity contribution in [2.45, 2.75) is 44.1 Å². The number of nitrogens with zero attached hydrogens (tertiary/aromatic N) is 2. The maximum Gasteiger partial charge on any atom is 0.112 e. The van der Waals surface area contributed by atoms with E-state index in [4.69, 9.17) is 4.98 Å². The number of benzene rings is 1. The van der Waals surface area contributed by atoms with Crippen LogP contribution in [-0.2, 0) is 7.05 Å². The zero-order valence-corrected chi connectivity index (χ0v) is 11.5. The first-order valence-corrected chi connectivity index (χ1v) is 7.52. The van der Waals surface area contributed by atoms with Crippen LogP contribution in [0.5, 0.6) is 0 Å². The van der Waals surface area contributed by atoms with Crippen molar-refractivity contribution in [3.63, 3.8) is 0 Å². The highest BCUT2D eigenvalue weighted by Crippen LogP contribution is 2.40. The lowest BCUT2D eigenvalue weighted by atomic mass is 9.97. The molecule has 0 bridgehead atoms. The quantitative estimate of drug-likeness (QED) is 0.892. The second-order valence-electron chi connectivity index (χ2n) is 6.05. The third-order valence-electron chi connectivity index (χ3n) is 4.59. The normalized spacial score (nSPS) is 23.9. The van der Waals surface area contributed by atoms with Crippen LogP contribution >= 0.6 is 0 Å². The lowest BCUT2D eigenvalue weighted by Crippen LogP contribution is -2.26. The van der Waals surface area contributed by atoms with E-state index in [1.54, 1.807) is 0 Å². The Labute approximate surface area is 114 Å². The number of rotatable bonds is 2. The topological polar surface area (TPSA) is 29.9 Å². The van der Waals surface area contributed by atoms with Crippen molar-refractivity contribution in [1.82, 2.24) is 14.9 Å². The molecule has 1 N–H and O–H groups in total. The standard InChI is InChI=1S/C16H21N3/c1-19-15-8-7-12(13-4-2-3-9-17-13)10-14(15)18-16(19)11-5-6-11/h7-8,10-11,13,17H,2-6,9H2,1H3. The van der Waals surface area contributed by atoms with Crippen LogP contribution in [0.2, 0.25) is 0 Å². The van der Waals surface area contributed by atoms with E-state index in [0.717, 1.165) is 6.54 Å². The molecule has 1 aliphatic carbocycles. The molecule has 2 aliphatic rings. The molecular weight excluding hydrogens is 234 g/mol. The molecule has 1 saturated heterocycles. The minimum atomic E-state index is 0.532. The molecule has 3 heteroatoms. The highest BCUT2D eigenvalue weighted by molar-refractivity contribution is 5.77. The van der Waals surface area contributed by atoms with Gasteiger partial charge in [-0.25, -0.2) is 4.98 Å². The number of imidazole rings is 1. The molecule has 3 nitrogen and oxygen atoms in total. The fraction of sp³-hybridized carbons (Fsp3) is 0.562. The molecule has 1 aromatic heterocycles. The van der Waals surface area contributed by atoms with E-state index in [9.17, 15) is 0 Å². The summed E-state index contributed by atoms with van der Waals surface area (Å²) in [6.07, 6.45) is 6.54. The van der Waals surface area contributed by atoms with Crippen LogP contribution in [0.25, 0.3) is 11.0 Å². The van der Waals surface area contributed by atoms with Crippen LogP contribution in [0, 0.1) is 0 Å². The van der Waals surface area contributed by atoms with Gasteiger partial charge in [0.25, 0.3) is 0 Å². The summed E-state index contributed by atoms with van der Waals surface area (Å²) in [5.41, 5.74) is 3.86. The fourth-order valence-electron chi connectivity index (χ4n) is 3.30. The lowest BCUT2D eigenvalue weighted by Gasteiger charge is -2.23. The number of nitrogens with one attached hydrogen (secondary N) is 1. The highest BCUT2D eigenvalue weighted by atomic mass is 15.1. The van der Waals surface area contributed by atoms with Gasteiger partial charge in [-0.3, -0.25) is 0 Å². The van der Waals surface area contributed by atoms with Gasteiger partial charge in [0, 0.05) is 19.0 Å². The van der Waals surface area contributed by atoms with Crippen LogP contribution in [0.3, 0.4) is 0 Å². The first-order valence-electron chi connectivity index (χ1n) is 7.52. The van der Waals surface area contributed by atoms with Crippen molar-refractivity contribution in [2.24, 2.45) is 7.05 Å². The molecule has 2 aromatic rings.